The number of rotatable bonds is 15. The molecule has 254 valence electrons. The first-order chi connectivity index (χ1) is 22.3. The molecule has 0 aliphatic rings. The van der Waals surface area contributed by atoms with Gasteiger partial charge in [-0.2, -0.15) is 0 Å². The van der Waals surface area contributed by atoms with Crippen molar-refractivity contribution in [3.05, 3.63) is 71.1 Å². The number of halogens is 2. The van der Waals surface area contributed by atoms with Gasteiger partial charge in [-0.05, 0) is 42.3 Å². The lowest BCUT2D eigenvalue weighted by molar-refractivity contribution is -0.132. The van der Waals surface area contributed by atoms with Crippen molar-refractivity contribution in [3.8, 4) is 0 Å². The van der Waals surface area contributed by atoms with Crippen molar-refractivity contribution in [2.75, 3.05) is 38.7 Å². The standard InChI is InChI=1S/C29H36ClFN7O8P/c1-38(25(39)12-11-19-8-4-10-23(31)26(19)30)22(9-5-13-33-28(37-27(32)40)34-14-15-46-47(42,43)44)18-45-29(41)36-24-16-20-6-2-3-7-21(20)17-35-24/h2-4,6-8,10,16-17,22H,5,9,11-15,18H2,1H3,(H,35,36,41)(H2,42,43,44)(H4,32,33,34,37,40)/t22-/m0/s1. The van der Waals surface area contributed by atoms with Crippen molar-refractivity contribution >= 4 is 60.0 Å². The lowest BCUT2D eigenvalue weighted by atomic mass is 10.1. The highest BCUT2D eigenvalue weighted by Crippen LogP contribution is 2.35. The summed E-state index contributed by atoms with van der Waals surface area (Å²) in [5.41, 5.74) is 5.65. The fourth-order valence-corrected chi connectivity index (χ4v) is 4.87. The number of urea groups is 1. The molecule has 2 aromatic carbocycles. The number of nitrogens with one attached hydrogen (secondary N) is 3. The summed E-state index contributed by atoms with van der Waals surface area (Å²) in [5.74, 6) is -0.665. The number of guanidine groups is 1. The van der Waals surface area contributed by atoms with Crippen LogP contribution in [0.25, 0.3) is 10.8 Å². The summed E-state index contributed by atoms with van der Waals surface area (Å²) in [4.78, 5) is 64.6. The van der Waals surface area contributed by atoms with Crippen LogP contribution in [0.5, 0.6) is 0 Å². The average Bonchev–Trinajstić information content (AvgIpc) is 3.02. The number of carbonyl (C=O) groups excluding carboxylic acids is 3. The van der Waals surface area contributed by atoms with Crippen LogP contribution in [0.1, 0.15) is 24.8 Å². The van der Waals surface area contributed by atoms with Crippen LogP contribution >= 0.6 is 19.4 Å². The third kappa shape index (κ3) is 13.1. The molecule has 4 amide bonds. The minimum absolute atomic E-state index is 0.00874. The number of fused-ring (bicyclic) bond motifs is 1. The van der Waals surface area contributed by atoms with Gasteiger partial charge in [0.2, 0.25) is 5.91 Å². The van der Waals surface area contributed by atoms with Gasteiger partial charge in [0.15, 0.2) is 5.96 Å². The van der Waals surface area contributed by atoms with Gasteiger partial charge < -0.3 is 30.5 Å². The molecule has 0 fully saturated rings. The summed E-state index contributed by atoms with van der Waals surface area (Å²) >= 11 is 6.04. The fraction of sp³-hybridized carbons (Fsp3) is 0.345. The number of hydrogen-bond donors (Lipinski definition) is 6. The first kappa shape index (κ1) is 37.1. The first-order valence-electron chi connectivity index (χ1n) is 14.3. The molecule has 1 aromatic heterocycles. The van der Waals surface area contributed by atoms with E-state index in [-0.39, 0.29) is 61.9 Å². The van der Waals surface area contributed by atoms with Gasteiger partial charge in [-0.15, -0.1) is 0 Å². The van der Waals surface area contributed by atoms with Crippen LogP contribution in [0.4, 0.5) is 19.8 Å². The zero-order valence-corrected chi connectivity index (χ0v) is 27.0. The number of aryl methyl sites for hydroxylation is 1. The van der Waals surface area contributed by atoms with E-state index in [4.69, 9.17) is 31.9 Å². The Morgan fingerprint density at radius 1 is 1.17 bits per heavy atom. The molecule has 1 atom stereocenters. The van der Waals surface area contributed by atoms with E-state index in [1.165, 1.54) is 17.0 Å². The number of aliphatic imine (C=N–C) groups is 1. The molecule has 7 N–H and O–H groups in total. The predicted octanol–water partition coefficient (Wildman–Crippen LogP) is 3.54. The Kier molecular flexibility index (Phi) is 14.3. The lowest BCUT2D eigenvalue weighted by Crippen LogP contribution is -2.44. The van der Waals surface area contributed by atoms with Crippen molar-refractivity contribution in [3.63, 3.8) is 0 Å². The molecule has 3 aromatic rings. The number of pyridine rings is 1. The van der Waals surface area contributed by atoms with Crippen LogP contribution in [0.15, 0.2) is 59.7 Å². The average molecular weight is 696 g/mol. The van der Waals surface area contributed by atoms with Crippen LogP contribution in [0, 0.1) is 5.82 Å². The number of phosphoric ester groups is 1. The number of primary amides is 1. The highest BCUT2D eigenvalue weighted by atomic mass is 35.5. The maximum absolute atomic E-state index is 13.9. The van der Waals surface area contributed by atoms with E-state index in [0.29, 0.717) is 18.4 Å². The van der Waals surface area contributed by atoms with E-state index in [1.807, 2.05) is 24.3 Å². The number of carbonyl (C=O) groups is 3. The minimum atomic E-state index is -4.67. The molecule has 0 saturated carbocycles. The molecule has 18 heteroatoms. The first-order valence-corrected chi connectivity index (χ1v) is 16.2. The highest BCUT2D eigenvalue weighted by molar-refractivity contribution is 7.46. The smallest absolute Gasteiger partial charge is 0.447 e. The molecule has 0 spiro atoms. The Balaban J connectivity index is 1.63. The van der Waals surface area contributed by atoms with Crippen LogP contribution in [-0.4, -0.2) is 83.1 Å². The number of hydrogen-bond acceptors (Lipinski definition) is 8. The van der Waals surface area contributed by atoms with E-state index in [2.05, 4.69) is 30.5 Å². The number of anilines is 1. The molecule has 0 saturated heterocycles. The normalized spacial score (nSPS) is 12.3. The molecule has 47 heavy (non-hydrogen) atoms. The number of nitrogens with two attached hydrogens (primary N) is 1. The van der Waals surface area contributed by atoms with Crippen LogP contribution in [0.3, 0.4) is 0 Å². The Labute approximate surface area is 274 Å². The topological polar surface area (TPSA) is 218 Å². The third-order valence-corrected chi connectivity index (χ3v) is 7.65. The number of amides is 4. The lowest BCUT2D eigenvalue weighted by Gasteiger charge is -2.28. The van der Waals surface area contributed by atoms with Gasteiger partial charge in [0.1, 0.15) is 18.2 Å². The van der Waals surface area contributed by atoms with Crippen LogP contribution < -0.4 is 21.7 Å². The van der Waals surface area contributed by atoms with E-state index in [9.17, 15) is 23.3 Å². The number of ether oxygens (including phenoxy) is 1. The second kappa shape index (κ2) is 18.1. The number of phosphoric acid groups is 1. The van der Waals surface area contributed by atoms with Crippen molar-refractivity contribution in [1.29, 1.82) is 0 Å². The molecule has 0 bridgehead atoms. The van der Waals surface area contributed by atoms with E-state index in [0.717, 1.165) is 10.8 Å². The van der Waals surface area contributed by atoms with E-state index in [1.54, 1.807) is 25.4 Å². The summed E-state index contributed by atoms with van der Waals surface area (Å²) < 4.78 is 34.5. The second-order valence-corrected chi connectivity index (χ2v) is 11.7. The van der Waals surface area contributed by atoms with Crippen molar-refractivity contribution in [1.82, 2.24) is 20.5 Å². The molecule has 0 aliphatic carbocycles. The molecule has 0 aliphatic heterocycles. The van der Waals surface area contributed by atoms with Gasteiger partial charge in [-0.25, -0.2) is 23.5 Å². The van der Waals surface area contributed by atoms with Crippen molar-refractivity contribution in [2.24, 2.45) is 10.7 Å². The zero-order valence-electron chi connectivity index (χ0n) is 25.4. The highest BCUT2D eigenvalue weighted by Gasteiger charge is 2.22. The molecule has 15 nitrogen and oxygen atoms in total. The molecular weight excluding hydrogens is 660 g/mol. The Hall–Kier alpha value is -4.34. The molecular formula is C29H36ClFN7O8P. The monoisotopic (exact) mass is 695 g/mol. The minimum Gasteiger partial charge on any atom is -0.447 e. The molecule has 1 heterocycles. The number of likely N-dealkylation sites (N-methyl/N-ethyl adjacent to an activating group) is 1. The summed E-state index contributed by atoms with van der Waals surface area (Å²) in [6.07, 6.45) is 1.68. The second-order valence-electron chi connectivity index (χ2n) is 10.1. The Morgan fingerprint density at radius 3 is 2.64 bits per heavy atom. The predicted molar refractivity (Wildman–Crippen MR) is 173 cm³/mol. The Bertz CT molecular complexity index is 1630. The number of benzene rings is 2. The van der Waals surface area contributed by atoms with Crippen molar-refractivity contribution < 1.29 is 42.4 Å². The van der Waals surface area contributed by atoms with E-state index >= 15 is 0 Å². The van der Waals surface area contributed by atoms with Gasteiger partial charge in [-0.1, -0.05) is 48.0 Å². The van der Waals surface area contributed by atoms with Gasteiger partial charge in [0, 0.05) is 38.1 Å². The van der Waals surface area contributed by atoms with Gasteiger partial charge in [-0.3, -0.25) is 24.9 Å². The van der Waals surface area contributed by atoms with E-state index < -0.39 is 31.8 Å². The fourth-order valence-electron chi connectivity index (χ4n) is 4.32. The maximum atomic E-state index is 13.9. The molecule has 3 rings (SSSR count). The summed E-state index contributed by atoms with van der Waals surface area (Å²) in [7, 11) is -3.12. The SMILES string of the molecule is CN(C(=O)CCc1cccc(F)c1Cl)[C@@H](CCCN=C(NCCOP(=O)(O)O)NC(N)=O)COC(=O)Nc1cc2ccccc2cn1. The van der Waals surface area contributed by atoms with Gasteiger partial charge in [0.05, 0.1) is 17.7 Å². The van der Waals surface area contributed by atoms with Gasteiger partial charge in [0.25, 0.3) is 0 Å². The van der Waals surface area contributed by atoms with Crippen molar-refractivity contribution in [2.45, 2.75) is 31.7 Å². The molecule has 0 radical (unpaired) electrons. The van der Waals surface area contributed by atoms with Gasteiger partial charge >= 0.3 is 19.9 Å². The quantitative estimate of drug-likeness (QED) is 0.0588. The van der Waals surface area contributed by atoms with Crippen LogP contribution in [-0.2, 0) is 25.0 Å². The third-order valence-electron chi connectivity index (χ3n) is 6.71. The number of nitrogens with zero attached hydrogens (tertiary/aromatic N) is 3. The summed E-state index contributed by atoms with van der Waals surface area (Å²) in [5, 5.41) is 9.21. The van der Waals surface area contributed by atoms with Crippen LogP contribution in [0.2, 0.25) is 5.02 Å². The maximum Gasteiger partial charge on any atom is 0.469 e. The summed E-state index contributed by atoms with van der Waals surface area (Å²) in [6, 6.07) is 12.0. The molecule has 0 unspecified atom stereocenters. The number of aromatic nitrogens is 1. The summed E-state index contributed by atoms with van der Waals surface area (Å²) in [6.45, 7) is -0.550. The Morgan fingerprint density at radius 2 is 1.91 bits per heavy atom. The zero-order chi connectivity index (χ0) is 34.4. The largest absolute Gasteiger partial charge is 0.469 e.